The number of carbonyl (C=O) groups excluding carboxylic acids is 1. The Morgan fingerprint density at radius 3 is 2.61 bits per heavy atom. The number of aromatic amines is 1. The van der Waals surface area contributed by atoms with Crippen LogP contribution < -0.4 is 16.9 Å². The second-order valence-electron chi connectivity index (χ2n) is 7.21. The van der Waals surface area contributed by atoms with E-state index in [2.05, 4.69) is 4.98 Å². The lowest BCUT2D eigenvalue weighted by Gasteiger charge is -2.14. The van der Waals surface area contributed by atoms with Gasteiger partial charge >= 0.3 is 17.3 Å². The highest BCUT2D eigenvalue weighted by Gasteiger charge is 2.20. The molecule has 0 saturated heterocycles. The highest BCUT2D eigenvalue weighted by molar-refractivity contribution is 6.42. The summed E-state index contributed by atoms with van der Waals surface area (Å²) in [5.74, 6) is -0.864. The van der Waals surface area contributed by atoms with Crippen molar-refractivity contribution in [1.29, 1.82) is 0 Å². The Morgan fingerprint density at radius 1 is 1.12 bits per heavy atom. The number of aryl methyl sites for hydroxylation is 1. The Bertz CT molecular complexity index is 1580. The quantitative estimate of drug-likeness (QED) is 0.434. The molecule has 0 saturated carbocycles. The number of H-pyrrole nitrogens is 1. The molecule has 170 valence electrons. The third kappa shape index (κ3) is 4.01. The van der Waals surface area contributed by atoms with Gasteiger partial charge in [0.1, 0.15) is 5.56 Å². The molecule has 11 heteroatoms. The highest BCUT2D eigenvalue weighted by atomic mass is 35.5. The van der Waals surface area contributed by atoms with E-state index < -0.39 is 17.2 Å². The number of hydrogen-bond acceptors (Lipinski definition) is 5. The average Bonchev–Trinajstić information content (AvgIpc) is 3.07. The van der Waals surface area contributed by atoms with Crippen LogP contribution in [0.1, 0.15) is 22.8 Å². The molecule has 4 aromatic rings. The minimum Gasteiger partial charge on any atom is -0.462 e. The Kier molecular flexibility index (Phi) is 6.01. The molecule has 0 aliphatic heterocycles. The van der Waals surface area contributed by atoms with E-state index in [9.17, 15) is 19.2 Å². The fraction of sp³-hybridized carbons (Fsp3) is 0.182. The molecule has 9 nitrogen and oxygen atoms in total. The molecule has 0 aliphatic carbocycles. The molecule has 0 spiro atoms. The summed E-state index contributed by atoms with van der Waals surface area (Å²) in [6.07, 6.45) is 1.14. The molecular weight excluding hydrogens is 471 g/mol. The highest BCUT2D eigenvalue weighted by Crippen LogP contribution is 2.25. The number of fused-ring (bicyclic) bond motifs is 1. The van der Waals surface area contributed by atoms with Gasteiger partial charge in [-0.25, -0.2) is 14.4 Å². The molecule has 0 unspecified atom stereocenters. The van der Waals surface area contributed by atoms with Gasteiger partial charge in [0.15, 0.2) is 0 Å². The number of nitrogens with zero attached hydrogens (tertiary/aromatic N) is 3. The van der Waals surface area contributed by atoms with Crippen molar-refractivity contribution in [2.75, 3.05) is 6.61 Å². The topological polar surface area (TPSA) is 108 Å². The summed E-state index contributed by atoms with van der Waals surface area (Å²) >= 11 is 12.3. The van der Waals surface area contributed by atoms with Crippen LogP contribution in [-0.2, 0) is 18.3 Å². The molecule has 0 radical (unpaired) electrons. The van der Waals surface area contributed by atoms with Crippen LogP contribution in [0.15, 0.2) is 57.0 Å². The van der Waals surface area contributed by atoms with Crippen LogP contribution in [0.2, 0.25) is 10.0 Å². The number of ether oxygens (including phenoxy) is 1. The minimum atomic E-state index is -0.864. The number of halogens is 2. The van der Waals surface area contributed by atoms with Gasteiger partial charge < -0.3 is 9.72 Å². The van der Waals surface area contributed by atoms with Crippen molar-refractivity contribution in [3.8, 4) is 5.69 Å². The first kappa shape index (κ1) is 22.6. The molecule has 0 atom stereocenters. The third-order valence-electron chi connectivity index (χ3n) is 5.19. The zero-order valence-corrected chi connectivity index (χ0v) is 19.1. The Balaban J connectivity index is 1.96. The minimum absolute atomic E-state index is 0.0503. The molecule has 2 aromatic heterocycles. The Labute approximate surface area is 196 Å². The lowest BCUT2D eigenvalue weighted by atomic mass is 10.2. The SMILES string of the molecule is CCOC(=O)c1cn(-c2ccc3c(c2)[nH]c(=O)n3C)c(=O)n(Cc2cccc(Cl)c2Cl)c1=O. The fourth-order valence-corrected chi connectivity index (χ4v) is 3.87. The van der Waals surface area contributed by atoms with Crippen molar-refractivity contribution in [3.05, 3.63) is 95.1 Å². The van der Waals surface area contributed by atoms with Gasteiger partial charge in [-0.15, -0.1) is 0 Å². The monoisotopic (exact) mass is 488 g/mol. The van der Waals surface area contributed by atoms with E-state index in [1.807, 2.05) is 0 Å². The average molecular weight is 489 g/mol. The normalized spacial score (nSPS) is 11.2. The summed E-state index contributed by atoms with van der Waals surface area (Å²) in [6, 6.07) is 9.69. The van der Waals surface area contributed by atoms with Crippen LogP contribution >= 0.6 is 23.2 Å². The van der Waals surface area contributed by atoms with Crippen LogP contribution in [0.3, 0.4) is 0 Å². The zero-order chi connectivity index (χ0) is 23.9. The van der Waals surface area contributed by atoms with Gasteiger partial charge in [0.2, 0.25) is 0 Å². The van der Waals surface area contributed by atoms with E-state index in [0.29, 0.717) is 22.3 Å². The van der Waals surface area contributed by atoms with Gasteiger partial charge in [-0.3, -0.25) is 18.5 Å². The first-order valence-electron chi connectivity index (χ1n) is 9.88. The van der Waals surface area contributed by atoms with Crippen molar-refractivity contribution >= 4 is 40.2 Å². The standard InChI is InChI=1S/C22H18Cl2N4O5/c1-3-33-20(30)14-11-27(13-7-8-17-16(9-13)25-21(31)26(17)2)22(32)28(19(14)29)10-12-5-4-6-15(23)18(12)24/h4-9,11H,3,10H2,1-2H3,(H,25,31). The van der Waals surface area contributed by atoms with Crippen LogP contribution in [0.25, 0.3) is 16.7 Å². The Hall–Kier alpha value is -3.56. The van der Waals surface area contributed by atoms with Crippen molar-refractivity contribution < 1.29 is 9.53 Å². The van der Waals surface area contributed by atoms with Crippen LogP contribution in [-0.4, -0.2) is 31.3 Å². The van der Waals surface area contributed by atoms with Gasteiger partial charge in [0, 0.05) is 13.2 Å². The van der Waals surface area contributed by atoms with Crippen LogP contribution in [0, 0.1) is 0 Å². The summed E-state index contributed by atoms with van der Waals surface area (Å²) < 4.78 is 8.48. The summed E-state index contributed by atoms with van der Waals surface area (Å²) in [7, 11) is 1.61. The molecule has 0 aliphatic rings. The van der Waals surface area contributed by atoms with Gasteiger partial charge in [0.25, 0.3) is 5.56 Å². The largest absolute Gasteiger partial charge is 0.462 e. The molecule has 0 bridgehead atoms. The van der Waals surface area contributed by atoms with E-state index in [1.54, 1.807) is 50.4 Å². The molecule has 1 N–H and O–H groups in total. The first-order chi connectivity index (χ1) is 15.7. The second-order valence-corrected chi connectivity index (χ2v) is 8.00. The molecular formula is C22H18Cl2N4O5. The van der Waals surface area contributed by atoms with Crippen molar-refractivity contribution in [2.45, 2.75) is 13.5 Å². The summed E-state index contributed by atoms with van der Waals surface area (Å²) in [5.41, 5.74) is -0.286. The maximum absolute atomic E-state index is 13.4. The maximum Gasteiger partial charge on any atom is 0.345 e. The van der Waals surface area contributed by atoms with Crippen LogP contribution in [0.4, 0.5) is 0 Å². The van der Waals surface area contributed by atoms with Crippen molar-refractivity contribution in [2.24, 2.45) is 7.05 Å². The number of benzene rings is 2. The maximum atomic E-state index is 13.4. The molecule has 0 amide bonds. The predicted molar refractivity (Wildman–Crippen MR) is 125 cm³/mol. The summed E-state index contributed by atoms with van der Waals surface area (Å²) in [5, 5.41) is 0.462. The predicted octanol–water partition coefficient (Wildman–Crippen LogP) is 2.71. The van der Waals surface area contributed by atoms with E-state index in [-0.39, 0.29) is 34.5 Å². The number of carbonyl (C=O) groups is 1. The van der Waals surface area contributed by atoms with Gasteiger partial charge in [-0.05, 0) is 36.8 Å². The Morgan fingerprint density at radius 2 is 1.88 bits per heavy atom. The van der Waals surface area contributed by atoms with Gasteiger partial charge in [-0.1, -0.05) is 35.3 Å². The number of imidazole rings is 1. The van der Waals surface area contributed by atoms with Crippen molar-refractivity contribution in [1.82, 2.24) is 18.7 Å². The molecule has 4 rings (SSSR count). The smallest absolute Gasteiger partial charge is 0.345 e. The summed E-state index contributed by atoms with van der Waals surface area (Å²) in [4.78, 5) is 53.6. The van der Waals surface area contributed by atoms with Crippen LogP contribution in [0.5, 0.6) is 0 Å². The van der Waals surface area contributed by atoms with Crippen molar-refractivity contribution in [3.63, 3.8) is 0 Å². The van der Waals surface area contributed by atoms with E-state index in [1.165, 1.54) is 4.57 Å². The number of rotatable bonds is 5. The second kappa shape index (κ2) is 8.76. The summed E-state index contributed by atoms with van der Waals surface area (Å²) in [6.45, 7) is 1.45. The van der Waals surface area contributed by atoms with E-state index in [4.69, 9.17) is 27.9 Å². The number of hydrogen-bond donors (Lipinski definition) is 1. The number of aromatic nitrogens is 4. The van der Waals surface area contributed by atoms with Gasteiger partial charge in [0.05, 0.1) is 39.9 Å². The van der Waals surface area contributed by atoms with Gasteiger partial charge in [-0.2, -0.15) is 0 Å². The molecule has 33 heavy (non-hydrogen) atoms. The molecule has 2 heterocycles. The lowest BCUT2D eigenvalue weighted by molar-refractivity contribution is 0.0522. The first-order valence-corrected chi connectivity index (χ1v) is 10.6. The van der Waals surface area contributed by atoms with E-state index >= 15 is 0 Å². The number of nitrogens with one attached hydrogen (secondary N) is 1. The zero-order valence-electron chi connectivity index (χ0n) is 17.6. The van der Waals surface area contributed by atoms with E-state index in [0.717, 1.165) is 15.3 Å². The molecule has 0 fully saturated rings. The lowest BCUT2D eigenvalue weighted by Crippen LogP contribution is -2.42. The molecule has 2 aromatic carbocycles. The fourth-order valence-electron chi connectivity index (χ4n) is 3.49. The third-order valence-corrected chi connectivity index (χ3v) is 6.05. The number of esters is 1.